The molecule has 1 aromatic rings. The van der Waals surface area contributed by atoms with E-state index < -0.39 is 0 Å². The molecule has 2 heteroatoms. The molecule has 0 saturated carbocycles. The summed E-state index contributed by atoms with van der Waals surface area (Å²) in [6.45, 7) is 4.39. The van der Waals surface area contributed by atoms with Crippen LogP contribution in [0.1, 0.15) is 19.3 Å². The number of ether oxygens (including phenoxy) is 1. The highest BCUT2D eigenvalue weighted by atomic mass is 16.5. The number of nitrogen functional groups attached to an aromatic ring is 1. The lowest BCUT2D eigenvalue weighted by atomic mass is 10.2. The third kappa shape index (κ3) is 3.52. The van der Waals surface area contributed by atoms with E-state index in [1.54, 1.807) is 0 Å². The first-order valence-electron chi connectivity index (χ1n) is 4.93. The van der Waals surface area contributed by atoms with Gasteiger partial charge in [0.05, 0.1) is 12.3 Å². The summed E-state index contributed by atoms with van der Waals surface area (Å²) in [6.07, 6.45) is 5.14. The quantitative estimate of drug-likeness (QED) is 0.426. The highest BCUT2D eigenvalue weighted by molar-refractivity contribution is 5.51. The standard InChI is InChI=1S/C12H17NO/c1-2-3-4-7-10-14-12-9-6-5-8-11(12)13/h2,5-6,8-9H,1,3-4,7,10,13H2. The van der Waals surface area contributed by atoms with Gasteiger partial charge in [0.25, 0.3) is 0 Å². The molecule has 0 saturated heterocycles. The van der Waals surface area contributed by atoms with Crippen molar-refractivity contribution < 1.29 is 4.74 Å². The van der Waals surface area contributed by atoms with Gasteiger partial charge in [-0.1, -0.05) is 18.2 Å². The molecule has 1 rings (SSSR count). The van der Waals surface area contributed by atoms with Crippen LogP contribution in [0.25, 0.3) is 0 Å². The second kappa shape index (κ2) is 6.08. The minimum atomic E-state index is 0.705. The minimum Gasteiger partial charge on any atom is -0.491 e. The monoisotopic (exact) mass is 191 g/mol. The van der Waals surface area contributed by atoms with Crippen molar-refractivity contribution in [3.8, 4) is 5.75 Å². The number of unbranched alkanes of at least 4 members (excludes halogenated alkanes) is 2. The van der Waals surface area contributed by atoms with E-state index >= 15 is 0 Å². The number of rotatable bonds is 6. The number of anilines is 1. The molecule has 76 valence electrons. The molecule has 2 N–H and O–H groups in total. The van der Waals surface area contributed by atoms with E-state index in [-0.39, 0.29) is 0 Å². The molecule has 0 aliphatic heterocycles. The first-order chi connectivity index (χ1) is 6.84. The van der Waals surface area contributed by atoms with Crippen LogP contribution in [-0.2, 0) is 0 Å². The fourth-order valence-corrected chi connectivity index (χ4v) is 1.18. The van der Waals surface area contributed by atoms with E-state index in [9.17, 15) is 0 Å². The fourth-order valence-electron chi connectivity index (χ4n) is 1.18. The largest absolute Gasteiger partial charge is 0.491 e. The predicted octanol–water partition coefficient (Wildman–Crippen LogP) is 3.00. The van der Waals surface area contributed by atoms with E-state index in [4.69, 9.17) is 10.5 Å². The molecule has 0 aliphatic carbocycles. The van der Waals surface area contributed by atoms with Crippen molar-refractivity contribution in [1.82, 2.24) is 0 Å². The molecule has 0 radical (unpaired) electrons. The van der Waals surface area contributed by atoms with Gasteiger partial charge in [0, 0.05) is 0 Å². The van der Waals surface area contributed by atoms with Gasteiger partial charge >= 0.3 is 0 Å². The van der Waals surface area contributed by atoms with Crippen molar-refractivity contribution in [1.29, 1.82) is 0 Å². The Bertz CT molecular complexity index is 283. The summed E-state index contributed by atoms with van der Waals surface area (Å²) >= 11 is 0. The summed E-state index contributed by atoms with van der Waals surface area (Å²) in [4.78, 5) is 0. The maximum absolute atomic E-state index is 5.72. The second-order valence-electron chi connectivity index (χ2n) is 3.17. The lowest BCUT2D eigenvalue weighted by Crippen LogP contribution is -1.99. The second-order valence-corrected chi connectivity index (χ2v) is 3.17. The van der Waals surface area contributed by atoms with Crippen molar-refractivity contribution in [2.24, 2.45) is 0 Å². The Hall–Kier alpha value is -1.44. The van der Waals surface area contributed by atoms with Gasteiger partial charge in [-0.05, 0) is 31.4 Å². The molecule has 0 unspecified atom stereocenters. The zero-order valence-electron chi connectivity index (χ0n) is 8.41. The lowest BCUT2D eigenvalue weighted by Gasteiger charge is -2.07. The molecule has 0 fully saturated rings. The van der Waals surface area contributed by atoms with Crippen molar-refractivity contribution in [3.63, 3.8) is 0 Å². The molecular formula is C12H17NO. The van der Waals surface area contributed by atoms with Crippen LogP contribution in [0.15, 0.2) is 36.9 Å². The zero-order chi connectivity index (χ0) is 10.2. The summed E-state index contributed by atoms with van der Waals surface area (Å²) in [5, 5.41) is 0. The SMILES string of the molecule is C=CCCCCOc1ccccc1N. The molecule has 0 aliphatic rings. The molecule has 14 heavy (non-hydrogen) atoms. The van der Waals surface area contributed by atoms with Gasteiger partial charge in [-0.15, -0.1) is 6.58 Å². The van der Waals surface area contributed by atoms with Crippen molar-refractivity contribution >= 4 is 5.69 Å². The predicted molar refractivity (Wildman–Crippen MR) is 60.4 cm³/mol. The fraction of sp³-hybridized carbons (Fsp3) is 0.333. The van der Waals surface area contributed by atoms with Crippen LogP contribution in [0.2, 0.25) is 0 Å². The zero-order valence-corrected chi connectivity index (χ0v) is 8.41. The third-order valence-electron chi connectivity index (χ3n) is 1.98. The Labute approximate surface area is 85.4 Å². The van der Waals surface area contributed by atoms with Gasteiger partial charge in [-0.2, -0.15) is 0 Å². The molecule has 0 spiro atoms. The van der Waals surface area contributed by atoms with Gasteiger partial charge in [0.15, 0.2) is 0 Å². The topological polar surface area (TPSA) is 35.2 Å². The van der Waals surface area contributed by atoms with Crippen LogP contribution in [-0.4, -0.2) is 6.61 Å². The van der Waals surface area contributed by atoms with Crippen molar-refractivity contribution in [2.45, 2.75) is 19.3 Å². The molecule has 2 nitrogen and oxygen atoms in total. The Morgan fingerprint density at radius 1 is 1.29 bits per heavy atom. The Morgan fingerprint density at radius 2 is 2.07 bits per heavy atom. The first-order valence-corrected chi connectivity index (χ1v) is 4.93. The number of nitrogens with two attached hydrogens (primary N) is 1. The number of para-hydroxylation sites is 2. The number of hydrogen-bond acceptors (Lipinski definition) is 2. The van der Waals surface area contributed by atoms with Crippen molar-refractivity contribution in [3.05, 3.63) is 36.9 Å². The number of hydrogen-bond donors (Lipinski definition) is 1. The minimum absolute atomic E-state index is 0.705. The van der Waals surface area contributed by atoms with E-state index in [1.165, 1.54) is 0 Å². The van der Waals surface area contributed by atoms with Crippen LogP contribution in [0, 0.1) is 0 Å². The summed E-state index contributed by atoms with van der Waals surface area (Å²) in [5.41, 5.74) is 6.43. The molecule has 0 amide bonds. The average Bonchev–Trinajstić information content (AvgIpc) is 2.20. The van der Waals surface area contributed by atoms with Gasteiger partial charge in [0.1, 0.15) is 5.75 Å². The number of benzene rings is 1. The summed E-state index contributed by atoms with van der Waals surface area (Å²) in [7, 11) is 0. The van der Waals surface area contributed by atoms with Gasteiger partial charge in [-0.25, -0.2) is 0 Å². The third-order valence-corrected chi connectivity index (χ3v) is 1.98. The van der Waals surface area contributed by atoms with Crippen LogP contribution in [0.5, 0.6) is 5.75 Å². The highest BCUT2D eigenvalue weighted by Crippen LogP contribution is 2.19. The highest BCUT2D eigenvalue weighted by Gasteiger charge is 1.96. The maximum atomic E-state index is 5.72. The van der Waals surface area contributed by atoms with Crippen LogP contribution in [0.4, 0.5) is 5.69 Å². The van der Waals surface area contributed by atoms with E-state index in [0.29, 0.717) is 5.69 Å². The first kappa shape index (κ1) is 10.6. The Kier molecular flexibility index (Phi) is 4.62. The van der Waals surface area contributed by atoms with E-state index in [2.05, 4.69) is 6.58 Å². The molecule has 1 aromatic carbocycles. The summed E-state index contributed by atoms with van der Waals surface area (Å²) < 4.78 is 5.52. The number of allylic oxidation sites excluding steroid dienone is 1. The molecule has 0 aromatic heterocycles. The summed E-state index contributed by atoms with van der Waals surface area (Å²) in [6, 6.07) is 7.57. The van der Waals surface area contributed by atoms with Gasteiger partial charge in [-0.3, -0.25) is 0 Å². The maximum Gasteiger partial charge on any atom is 0.142 e. The van der Waals surface area contributed by atoms with E-state index in [1.807, 2.05) is 30.3 Å². The average molecular weight is 191 g/mol. The Morgan fingerprint density at radius 3 is 2.79 bits per heavy atom. The van der Waals surface area contributed by atoms with Crippen LogP contribution < -0.4 is 10.5 Å². The smallest absolute Gasteiger partial charge is 0.142 e. The van der Waals surface area contributed by atoms with Crippen LogP contribution in [0.3, 0.4) is 0 Å². The summed E-state index contributed by atoms with van der Waals surface area (Å²) in [5.74, 6) is 0.783. The molecule has 0 heterocycles. The van der Waals surface area contributed by atoms with Gasteiger partial charge in [0.2, 0.25) is 0 Å². The van der Waals surface area contributed by atoms with Gasteiger partial charge < -0.3 is 10.5 Å². The van der Waals surface area contributed by atoms with E-state index in [0.717, 1.165) is 31.6 Å². The van der Waals surface area contributed by atoms with Crippen molar-refractivity contribution in [2.75, 3.05) is 12.3 Å². The normalized spacial score (nSPS) is 9.71. The molecular weight excluding hydrogens is 174 g/mol. The molecule has 0 atom stereocenters. The lowest BCUT2D eigenvalue weighted by molar-refractivity contribution is 0.309. The van der Waals surface area contributed by atoms with Crippen LogP contribution >= 0.6 is 0 Å². The molecule has 0 bridgehead atoms. The Balaban J connectivity index is 2.24.